The first-order valence-corrected chi connectivity index (χ1v) is 14.4. The van der Waals surface area contributed by atoms with Crippen molar-refractivity contribution in [2.24, 2.45) is 5.10 Å². The van der Waals surface area contributed by atoms with Gasteiger partial charge in [-0.2, -0.15) is 5.10 Å². The Morgan fingerprint density at radius 1 is 0.450 bits per heavy atom. The zero-order chi connectivity index (χ0) is 26.7. The number of hydrogen-bond acceptors (Lipinski definition) is 3. The zero-order valence-electron chi connectivity index (χ0n) is 22.7. The molecule has 2 aliphatic carbocycles. The largest absolute Gasteiger partial charge is 0.311 e. The molecule has 0 spiro atoms. The van der Waals surface area contributed by atoms with Gasteiger partial charge in [0.05, 0.1) is 17.6 Å². The maximum atomic E-state index is 5.07. The summed E-state index contributed by atoms with van der Waals surface area (Å²) in [5.74, 6) is 0. The van der Waals surface area contributed by atoms with Crippen LogP contribution in [0.4, 0.5) is 28.4 Å². The Labute approximate surface area is 237 Å². The molecule has 3 nitrogen and oxygen atoms in total. The SMILES string of the molecule is C(=NN(c1ccc2c(c1)CCC2)c1ccc2c(c1)CCC2)c1ccc(N(c2ccccc2)c2ccccc2)cc1. The third kappa shape index (κ3) is 4.91. The van der Waals surface area contributed by atoms with Crippen molar-refractivity contribution in [1.29, 1.82) is 0 Å². The summed E-state index contributed by atoms with van der Waals surface area (Å²) in [7, 11) is 0. The molecule has 0 atom stereocenters. The molecule has 5 aromatic rings. The van der Waals surface area contributed by atoms with Gasteiger partial charge in [-0.1, -0.05) is 60.7 Å². The Hall–Kier alpha value is -4.63. The normalized spacial score (nSPS) is 13.8. The van der Waals surface area contributed by atoms with E-state index >= 15 is 0 Å². The Morgan fingerprint density at radius 3 is 1.43 bits per heavy atom. The first-order valence-electron chi connectivity index (χ1n) is 14.4. The quantitative estimate of drug-likeness (QED) is 0.158. The Morgan fingerprint density at radius 2 is 0.900 bits per heavy atom. The van der Waals surface area contributed by atoms with E-state index in [1.165, 1.54) is 47.9 Å². The van der Waals surface area contributed by atoms with Crippen LogP contribution in [0.1, 0.15) is 40.7 Å². The van der Waals surface area contributed by atoms with Gasteiger partial charge in [0.1, 0.15) is 0 Å². The number of fused-ring (bicyclic) bond motifs is 2. The van der Waals surface area contributed by atoms with Crippen LogP contribution in [0.5, 0.6) is 0 Å². The molecular formula is C37H33N3. The van der Waals surface area contributed by atoms with E-state index in [1.807, 2.05) is 6.21 Å². The zero-order valence-corrected chi connectivity index (χ0v) is 22.7. The van der Waals surface area contributed by atoms with E-state index in [2.05, 4.69) is 131 Å². The Kier molecular flexibility index (Phi) is 6.63. The second-order valence-corrected chi connectivity index (χ2v) is 10.8. The molecule has 0 amide bonds. The van der Waals surface area contributed by atoms with Gasteiger partial charge in [0.2, 0.25) is 0 Å². The van der Waals surface area contributed by atoms with Crippen LogP contribution in [0.15, 0.2) is 126 Å². The molecule has 0 aliphatic heterocycles. The number of hydrogen-bond donors (Lipinski definition) is 0. The summed E-state index contributed by atoms with van der Waals surface area (Å²) in [4.78, 5) is 2.28. The van der Waals surface area contributed by atoms with Gasteiger partial charge in [-0.3, -0.25) is 0 Å². The summed E-state index contributed by atoms with van der Waals surface area (Å²) in [6, 6.07) is 43.4. The van der Waals surface area contributed by atoms with E-state index in [1.54, 1.807) is 0 Å². The Bertz CT molecular complexity index is 1540. The molecule has 7 rings (SSSR count). The predicted molar refractivity (Wildman–Crippen MR) is 168 cm³/mol. The van der Waals surface area contributed by atoms with Crippen molar-refractivity contribution in [2.45, 2.75) is 38.5 Å². The standard InChI is InChI=1S/C37H33N3/c1-3-13-33(14-4-1)39(34-15-5-2-6-16-34)35-21-17-28(18-22-35)27-38-40(36-23-19-29-9-7-11-31(29)25-36)37-24-20-30-10-8-12-32(30)26-37/h1-6,13-27H,7-12H2. The third-order valence-electron chi connectivity index (χ3n) is 8.16. The molecule has 0 fully saturated rings. The average Bonchev–Trinajstić information content (AvgIpc) is 3.68. The fourth-order valence-electron chi connectivity index (χ4n) is 6.10. The minimum atomic E-state index is 1.07. The lowest BCUT2D eigenvalue weighted by Gasteiger charge is -2.25. The average molecular weight is 520 g/mol. The van der Waals surface area contributed by atoms with Crippen molar-refractivity contribution in [3.63, 3.8) is 0 Å². The van der Waals surface area contributed by atoms with Crippen molar-refractivity contribution >= 4 is 34.7 Å². The maximum Gasteiger partial charge on any atom is 0.0655 e. The van der Waals surface area contributed by atoms with Gasteiger partial charge in [-0.15, -0.1) is 0 Å². The number of rotatable bonds is 7. The summed E-state index contributed by atoms with van der Waals surface area (Å²) in [6.07, 6.45) is 9.17. The molecule has 5 aromatic carbocycles. The van der Waals surface area contributed by atoms with Crippen LogP contribution in [0.3, 0.4) is 0 Å². The molecule has 0 aromatic heterocycles. The van der Waals surface area contributed by atoms with E-state index in [9.17, 15) is 0 Å². The van der Waals surface area contributed by atoms with Crippen LogP contribution in [-0.2, 0) is 25.7 Å². The van der Waals surface area contributed by atoms with Crippen molar-refractivity contribution < 1.29 is 0 Å². The molecule has 0 saturated carbocycles. The lowest BCUT2D eigenvalue weighted by Crippen LogP contribution is -2.11. The van der Waals surface area contributed by atoms with E-state index in [4.69, 9.17) is 5.10 Å². The number of hydrazone groups is 1. The van der Waals surface area contributed by atoms with Gasteiger partial charge >= 0.3 is 0 Å². The number of nitrogens with zero attached hydrogens (tertiary/aromatic N) is 3. The summed E-state index contributed by atoms with van der Waals surface area (Å²) < 4.78 is 0. The second kappa shape index (κ2) is 10.9. The number of benzene rings is 5. The molecule has 2 aliphatic rings. The first-order chi connectivity index (χ1) is 19.8. The monoisotopic (exact) mass is 519 g/mol. The van der Waals surface area contributed by atoms with E-state index < -0.39 is 0 Å². The maximum absolute atomic E-state index is 5.07. The van der Waals surface area contributed by atoms with Crippen molar-refractivity contribution in [1.82, 2.24) is 0 Å². The molecular weight excluding hydrogens is 486 g/mol. The molecule has 196 valence electrons. The lowest BCUT2D eigenvalue weighted by molar-refractivity contribution is 0.911. The molecule has 0 N–H and O–H groups in total. The fraction of sp³-hybridized carbons (Fsp3) is 0.162. The third-order valence-corrected chi connectivity index (χ3v) is 8.16. The molecule has 0 bridgehead atoms. The smallest absolute Gasteiger partial charge is 0.0655 e. The van der Waals surface area contributed by atoms with Crippen LogP contribution < -0.4 is 9.91 Å². The topological polar surface area (TPSA) is 18.8 Å². The molecule has 3 heteroatoms. The van der Waals surface area contributed by atoms with Crippen molar-refractivity contribution in [2.75, 3.05) is 9.91 Å². The minimum absolute atomic E-state index is 1.07. The number of aryl methyl sites for hydroxylation is 4. The number of para-hydroxylation sites is 2. The van der Waals surface area contributed by atoms with Crippen molar-refractivity contribution in [3.05, 3.63) is 149 Å². The summed E-state index contributed by atoms with van der Waals surface area (Å²) in [5, 5.41) is 7.19. The lowest BCUT2D eigenvalue weighted by atomic mass is 10.1. The molecule has 0 heterocycles. The predicted octanol–water partition coefficient (Wildman–Crippen LogP) is 9.31. The summed E-state index contributed by atoms with van der Waals surface area (Å²) in [6.45, 7) is 0. The van der Waals surface area contributed by atoms with E-state index in [0.29, 0.717) is 0 Å². The molecule has 0 radical (unpaired) electrons. The highest BCUT2D eigenvalue weighted by Gasteiger charge is 2.18. The first kappa shape index (κ1) is 24.4. The highest BCUT2D eigenvalue weighted by molar-refractivity contribution is 5.84. The minimum Gasteiger partial charge on any atom is -0.311 e. The molecule has 40 heavy (non-hydrogen) atoms. The van der Waals surface area contributed by atoms with Crippen LogP contribution >= 0.6 is 0 Å². The van der Waals surface area contributed by atoms with Crippen molar-refractivity contribution in [3.8, 4) is 0 Å². The van der Waals surface area contributed by atoms with Gasteiger partial charge in [0.15, 0.2) is 0 Å². The van der Waals surface area contributed by atoms with Crippen LogP contribution in [0, 0.1) is 0 Å². The highest BCUT2D eigenvalue weighted by Crippen LogP contribution is 2.35. The van der Waals surface area contributed by atoms with E-state index in [0.717, 1.165) is 46.8 Å². The summed E-state index contributed by atoms with van der Waals surface area (Å²) >= 11 is 0. The van der Waals surface area contributed by atoms with Gasteiger partial charge in [-0.25, -0.2) is 5.01 Å². The van der Waals surface area contributed by atoms with Gasteiger partial charge < -0.3 is 4.90 Å². The van der Waals surface area contributed by atoms with Crippen LogP contribution in [0.25, 0.3) is 0 Å². The van der Waals surface area contributed by atoms with Gasteiger partial charge in [0.25, 0.3) is 0 Å². The van der Waals surface area contributed by atoms with Gasteiger partial charge in [0, 0.05) is 17.1 Å². The second-order valence-electron chi connectivity index (χ2n) is 10.8. The number of anilines is 5. The fourth-order valence-corrected chi connectivity index (χ4v) is 6.10. The van der Waals surface area contributed by atoms with Crippen LogP contribution in [-0.4, -0.2) is 6.21 Å². The summed E-state index contributed by atoms with van der Waals surface area (Å²) in [5.41, 5.74) is 12.6. The molecule has 0 unspecified atom stereocenters. The van der Waals surface area contributed by atoms with Gasteiger partial charge in [-0.05, 0) is 127 Å². The molecule has 0 saturated heterocycles. The highest BCUT2D eigenvalue weighted by atomic mass is 15.5. The van der Waals surface area contributed by atoms with Crippen LogP contribution in [0.2, 0.25) is 0 Å². The Balaban J connectivity index is 1.21. The van der Waals surface area contributed by atoms with E-state index in [-0.39, 0.29) is 0 Å².